The molecule has 0 aromatic rings. The summed E-state index contributed by atoms with van der Waals surface area (Å²) in [6, 6.07) is 0. The van der Waals surface area contributed by atoms with Gasteiger partial charge >= 0.3 is 0 Å². The fourth-order valence-corrected chi connectivity index (χ4v) is 1.74. The minimum atomic E-state index is -0.0452. The Hall–Kier alpha value is 0.440. The van der Waals surface area contributed by atoms with Gasteiger partial charge in [0.1, 0.15) is 6.61 Å². The molecule has 1 N–H and O–H groups in total. The van der Waals surface area contributed by atoms with E-state index in [0.717, 1.165) is 30.3 Å². The molecule has 0 aliphatic rings. The SMILES string of the molecule is OCC#CCN(CCBr)CCBr. The van der Waals surface area contributed by atoms with Crippen molar-refractivity contribution in [1.82, 2.24) is 4.90 Å². The van der Waals surface area contributed by atoms with Crippen molar-refractivity contribution in [3.63, 3.8) is 0 Å². The largest absolute Gasteiger partial charge is 0.384 e. The van der Waals surface area contributed by atoms with Crippen LogP contribution < -0.4 is 0 Å². The van der Waals surface area contributed by atoms with Crippen LogP contribution in [0.4, 0.5) is 0 Å². The fourth-order valence-electron chi connectivity index (χ4n) is 0.733. The summed E-state index contributed by atoms with van der Waals surface area (Å²) in [5, 5.41) is 10.3. The van der Waals surface area contributed by atoms with Crippen LogP contribution in [0.25, 0.3) is 0 Å². The Labute approximate surface area is 90.6 Å². The number of hydrogen-bond acceptors (Lipinski definition) is 2. The van der Waals surface area contributed by atoms with E-state index < -0.39 is 0 Å². The third-order valence-corrected chi connectivity index (χ3v) is 2.02. The molecule has 0 heterocycles. The van der Waals surface area contributed by atoms with Gasteiger partial charge in [0.25, 0.3) is 0 Å². The number of aliphatic hydroxyl groups is 1. The van der Waals surface area contributed by atoms with Crippen molar-refractivity contribution in [1.29, 1.82) is 0 Å². The van der Waals surface area contributed by atoms with Crippen molar-refractivity contribution in [2.75, 3.05) is 36.9 Å². The lowest BCUT2D eigenvalue weighted by Gasteiger charge is -2.16. The van der Waals surface area contributed by atoms with Crippen LogP contribution in [0.3, 0.4) is 0 Å². The summed E-state index contributed by atoms with van der Waals surface area (Å²) in [6.07, 6.45) is 0. The molecule has 0 aliphatic carbocycles. The predicted molar refractivity (Wildman–Crippen MR) is 58.9 cm³/mol. The molecule has 4 heteroatoms. The van der Waals surface area contributed by atoms with Gasteiger partial charge in [-0.05, 0) is 0 Å². The normalized spacial score (nSPS) is 9.67. The van der Waals surface area contributed by atoms with Crippen molar-refractivity contribution < 1.29 is 5.11 Å². The van der Waals surface area contributed by atoms with Crippen molar-refractivity contribution >= 4 is 31.9 Å². The predicted octanol–water partition coefficient (Wildman–Crippen LogP) is 1.07. The van der Waals surface area contributed by atoms with Gasteiger partial charge < -0.3 is 5.11 Å². The lowest BCUT2D eigenvalue weighted by Crippen LogP contribution is -2.28. The highest BCUT2D eigenvalue weighted by Crippen LogP contribution is 1.92. The lowest BCUT2D eigenvalue weighted by atomic mass is 10.4. The highest BCUT2D eigenvalue weighted by Gasteiger charge is 1.99. The number of alkyl halides is 2. The maximum absolute atomic E-state index is 8.43. The Kier molecular flexibility index (Phi) is 9.88. The third-order valence-electron chi connectivity index (χ3n) is 1.31. The number of halogens is 2. The summed E-state index contributed by atoms with van der Waals surface area (Å²) in [4.78, 5) is 2.21. The molecular formula is C8H13Br2NO. The Morgan fingerprint density at radius 3 is 2.08 bits per heavy atom. The van der Waals surface area contributed by atoms with Gasteiger partial charge in [0, 0.05) is 23.7 Å². The maximum atomic E-state index is 8.43. The molecule has 0 aromatic heterocycles. The quantitative estimate of drug-likeness (QED) is 0.606. The third kappa shape index (κ3) is 7.11. The second kappa shape index (κ2) is 9.53. The van der Waals surface area contributed by atoms with Crippen LogP contribution in [0.5, 0.6) is 0 Å². The zero-order valence-electron chi connectivity index (χ0n) is 6.89. The van der Waals surface area contributed by atoms with Gasteiger partial charge in [-0.25, -0.2) is 0 Å². The van der Waals surface area contributed by atoms with E-state index in [-0.39, 0.29) is 6.61 Å². The Bertz CT molecular complexity index is 147. The van der Waals surface area contributed by atoms with Gasteiger partial charge in [0.05, 0.1) is 6.54 Å². The molecule has 0 radical (unpaired) electrons. The molecule has 0 atom stereocenters. The van der Waals surface area contributed by atoms with Crippen LogP contribution in [0.1, 0.15) is 0 Å². The molecule has 0 rings (SSSR count). The van der Waals surface area contributed by atoms with E-state index in [4.69, 9.17) is 5.11 Å². The Morgan fingerprint density at radius 1 is 1.08 bits per heavy atom. The first-order chi connectivity index (χ1) is 5.85. The fraction of sp³-hybridized carbons (Fsp3) is 0.750. The van der Waals surface area contributed by atoms with E-state index in [9.17, 15) is 0 Å². The molecule has 12 heavy (non-hydrogen) atoms. The highest BCUT2D eigenvalue weighted by molar-refractivity contribution is 9.09. The van der Waals surface area contributed by atoms with Gasteiger partial charge in [0.15, 0.2) is 0 Å². The van der Waals surface area contributed by atoms with E-state index in [0.29, 0.717) is 0 Å². The van der Waals surface area contributed by atoms with Gasteiger partial charge in [-0.1, -0.05) is 43.7 Å². The number of rotatable bonds is 5. The van der Waals surface area contributed by atoms with Crippen LogP contribution in [-0.4, -0.2) is 46.9 Å². The number of hydrogen-bond donors (Lipinski definition) is 1. The lowest BCUT2D eigenvalue weighted by molar-refractivity contribution is 0.343. The Morgan fingerprint density at radius 2 is 1.67 bits per heavy atom. The van der Waals surface area contributed by atoms with Crippen LogP contribution in [0.15, 0.2) is 0 Å². The van der Waals surface area contributed by atoms with Crippen molar-refractivity contribution in [2.24, 2.45) is 0 Å². The van der Waals surface area contributed by atoms with Gasteiger partial charge in [-0.3, -0.25) is 4.90 Å². The second-order valence-corrected chi connectivity index (χ2v) is 3.75. The molecule has 70 valence electrons. The molecule has 0 saturated carbocycles. The molecule has 2 nitrogen and oxygen atoms in total. The molecule has 0 amide bonds. The average Bonchev–Trinajstić information content (AvgIpc) is 2.06. The van der Waals surface area contributed by atoms with E-state index in [2.05, 4.69) is 48.6 Å². The standard InChI is InChI=1S/C8H13Br2NO/c9-3-6-11(7-4-10)5-1-2-8-12/h12H,3-8H2. The molecule has 0 aliphatic heterocycles. The van der Waals surface area contributed by atoms with Crippen LogP contribution in [0.2, 0.25) is 0 Å². The number of nitrogens with zero attached hydrogens (tertiary/aromatic N) is 1. The van der Waals surface area contributed by atoms with Gasteiger partial charge in [-0.15, -0.1) is 0 Å². The monoisotopic (exact) mass is 297 g/mol. The van der Waals surface area contributed by atoms with Crippen LogP contribution >= 0.6 is 31.9 Å². The van der Waals surface area contributed by atoms with E-state index in [1.165, 1.54) is 0 Å². The first-order valence-corrected chi connectivity index (χ1v) is 6.00. The van der Waals surface area contributed by atoms with Crippen LogP contribution in [0, 0.1) is 11.8 Å². The molecule has 0 bridgehead atoms. The highest BCUT2D eigenvalue weighted by atomic mass is 79.9. The first kappa shape index (κ1) is 12.4. The summed E-state index contributed by atoms with van der Waals surface area (Å²) in [7, 11) is 0. The first-order valence-electron chi connectivity index (χ1n) is 3.76. The summed E-state index contributed by atoms with van der Waals surface area (Å²) < 4.78 is 0. The van der Waals surface area contributed by atoms with E-state index >= 15 is 0 Å². The smallest absolute Gasteiger partial charge is 0.104 e. The minimum absolute atomic E-state index is 0.0452. The van der Waals surface area contributed by atoms with Crippen LogP contribution in [-0.2, 0) is 0 Å². The van der Waals surface area contributed by atoms with Crippen molar-refractivity contribution in [2.45, 2.75) is 0 Å². The summed E-state index contributed by atoms with van der Waals surface area (Å²) in [5.41, 5.74) is 0. The zero-order chi connectivity index (χ0) is 9.23. The van der Waals surface area contributed by atoms with E-state index in [1.807, 2.05) is 0 Å². The molecule has 0 fully saturated rings. The summed E-state index contributed by atoms with van der Waals surface area (Å²) in [5.74, 6) is 5.52. The van der Waals surface area contributed by atoms with E-state index in [1.54, 1.807) is 0 Å². The zero-order valence-corrected chi connectivity index (χ0v) is 10.1. The minimum Gasteiger partial charge on any atom is -0.384 e. The average molecular weight is 299 g/mol. The molecular weight excluding hydrogens is 286 g/mol. The topological polar surface area (TPSA) is 23.5 Å². The maximum Gasteiger partial charge on any atom is 0.104 e. The molecule has 0 unspecified atom stereocenters. The molecule has 0 spiro atoms. The van der Waals surface area contributed by atoms with Crippen molar-refractivity contribution in [3.05, 3.63) is 0 Å². The summed E-state index contributed by atoms with van der Waals surface area (Å²) in [6.45, 7) is 2.67. The van der Waals surface area contributed by atoms with Crippen molar-refractivity contribution in [3.8, 4) is 11.8 Å². The second-order valence-electron chi connectivity index (χ2n) is 2.17. The van der Waals surface area contributed by atoms with Gasteiger partial charge in [-0.2, -0.15) is 0 Å². The summed E-state index contributed by atoms with van der Waals surface area (Å²) >= 11 is 6.75. The molecule has 0 saturated heterocycles. The number of aliphatic hydroxyl groups excluding tert-OH is 1. The Balaban J connectivity index is 3.61. The molecule has 0 aromatic carbocycles. The van der Waals surface area contributed by atoms with Gasteiger partial charge in [0.2, 0.25) is 0 Å².